The van der Waals surface area contributed by atoms with E-state index in [9.17, 15) is 167 Å². The van der Waals surface area contributed by atoms with E-state index in [4.69, 9.17) is 85.3 Å². The molecule has 9 saturated heterocycles. The molecule has 9 fully saturated rings. The first kappa shape index (κ1) is 104. The summed E-state index contributed by atoms with van der Waals surface area (Å²) in [6.45, 7) is -7.94. The van der Waals surface area contributed by atoms with Crippen LogP contribution in [0.25, 0.3) is 0 Å². The summed E-state index contributed by atoms with van der Waals surface area (Å²) in [6, 6.07) is -8.86. The zero-order valence-electron chi connectivity index (χ0n) is 67.0. The van der Waals surface area contributed by atoms with Gasteiger partial charge in [0.05, 0.1) is 90.9 Å². The first-order chi connectivity index (χ1) is 59.1. The fourth-order valence-electron chi connectivity index (χ4n) is 15.8. The Balaban J connectivity index is 1.01. The van der Waals surface area contributed by atoms with Crippen molar-refractivity contribution in [3.63, 3.8) is 0 Å². The number of carbonyl (C=O) groups is 6. The highest BCUT2D eigenvalue weighted by Gasteiger charge is 2.64. The molecule has 0 radical (unpaired) electrons. The monoisotopic (exact) mass is 1830 g/mol. The Hall–Kier alpha value is -4.94. The van der Waals surface area contributed by atoms with E-state index < -0.39 is 396 Å². The van der Waals surface area contributed by atoms with Crippen LogP contribution in [0.3, 0.4) is 0 Å². The highest BCUT2D eigenvalue weighted by Crippen LogP contribution is 2.42. The number of aliphatic hydroxyl groups is 26. The van der Waals surface area contributed by atoms with Gasteiger partial charge in [0.2, 0.25) is 30.0 Å². The maximum Gasteiger partial charge on any atom is 0.364 e. The number of ether oxygens (including phenoxy) is 18. The van der Waals surface area contributed by atoms with Crippen molar-refractivity contribution in [2.24, 2.45) is 0 Å². The van der Waals surface area contributed by atoms with Gasteiger partial charge in [-0.3, -0.25) is 24.0 Å². The van der Waals surface area contributed by atoms with Gasteiger partial charge in [0.15, 0.2) is 50.3 Å². The number of carboxylic acid groups (broad SMARTS) is 1. The van der Waals surface area contributed by atoms with E-state index in [1.807, 2.05) is 0 Å². The lowest BCUT2D eigenvalue weighted by Gasteiger charge is -2.51. The summed E-state index contributed by atoms with van der Waals surface area (Å²) in [6.07, 6.45) is -89.1. The van der Waals surface area contributed by atoms with Crippen molar-refractivity contribution in [3.8, 4) is 0 Å². The molecule has 0 aromatic heterocycles. The van der Waals surface area contributed by atoms with Crippen LogP contribution in [0.4, 0.5) is 0 Å². The zero-order chi connectivity index (χ0) is 92.4. The molecule has 47 atom stereocenters. The molecule has 9 heterocycles. The molecule has 56 nitrogen and oxygen atoms in total. The molecule has 32 N–H and O–H groups in total. The van der Waals surface area contributed by atoms with Crippen LogP contribution in [0.1, 0.15) is 34.1 Å². The quantitative estimate of drug-likeness (QED) is 0.0255. The first-order valence-corrected chi connectivity index (χ1v) is 39.5. The summed E-state index contributed by atoms with van der Waals surface area (Å²) < 4.78 is 106. The molecule has 0 spiro atoms. The zero-order valence-corrected chi connectivity index (χ0v) is 67.0. The summed E-state index contributed by atoms with van der Waals surface area (Å²) >= 11 is 0. The Bertz CT molecular complexity index is 3400. The second-order valence-electron chi connectivity index (χ2n) is 31.1. The van der Waals surface area contributed by atoms with Gasteiger partial charge in [0, 0.05) is 34.1 Å². The molecule has 9 aliphatic heterocycles. The number of amides is 5. The van der Waals surface area contributed by atoms with Gasteiger partial charge in [-0.25, -0.2) is 4.79 Å². The minimum Gasteiger partial charge on any atom is -0.477 e. The normalized spacial score (nSPS) is 45.8. The van der Waals surface area contributed by atoms with E-state index in [2.05, 4.69) is 26.6 Å². The molecule has 5 amide bonds. The number of aliphatic hydroxyl groups excluding tert-OH is 26. The lowest BCUT2D eigenvalue weighted by atomic mass is 9.88. The molecule has 125 heavy (non-hydrogen) atoms. The molecule has 0 aliphatic carbocycles. The lowest BCUT2D eigenvalue weighted by molar-refractivity contribution is -0.393. The lowest BCUT2D eigenvalue weighted by Crippen LogP contribution is -2.71. The number of rotatable bonds is 38. The minimum atomic E-state index is -3.32. The Morgan fingerprint density at radius 3 is 1.10 bits per heavy atom. The van der Waals surface area contributed by atoms with Crippen LogP contribution in [0, 0.1) is 0 Å². The van der Waals surface area contributed by atoms with E-state index in [1.165, 1.54) is 0 Å². The van der Waals surface area contributed by atoms with Gasteiger partial charge in [-0.1, -0.05) is 0 Å². The van der Waals surface area contributed by atoms with Crippen LogP contribution in [0.15, 0.2) is 0 Å². The van der Waals surface area contributed by atoms with Gasteiger partial charge in [-0.05, 0) is 0 Å². The minimum absolute atomic E-state index is 0.236. The summed E-state index contributed by atoms with van der Waals surface area (Å²) in [5, 5.41) is 312. The summed E-state index contributed by atoms with van der Waals surface area (Å²) in [5.74, 6) is -9.39. The number of carbonyl (C=O) groups excluding carboxylic acids is 5. The topological polar surface area (TPSA) is 875 Å². The third kappa shape index (κ3) is 23.6. The van der Waals surface area contributed by atoms with E-state index in [-0.39, 0.29) is 6.41 Å². The van der Waals surface area contributed by atoms with Crippen molar-refractivity contribution in [1.29, 1.82) is 0 Å². The molecule has 56 heteroatoms. The number of carboxylic acids is 1. The maximum atomic E-state index is 13.3. The van der Waals surface area contributed by atoms with Gasteiger partial charge in [0.1, 0.15) is 213 Å². The second kappa shape index (κ2) is 45.9. The smallest absolute Gasteiger partial charge is 0.364 e. The van der Waals surface area contributed by atoms with Gasteiger partial charge >= 0.3 is 5.97 Å². The third-order valence-electron chi connectivity index (χ3n) is 22.3. The average molecular weight is 1830 g/mol. The van der Waals surface area contributed by atoms with Crippen molar-refractivity contribution in [1.82, 2.24) is 26.6 Å². The van der Waals surface area contributed by atoms with E-state index >= 15 is 0 Å². The molecule has 722 valence electrons. The molecular formula is C69H115N5O51. The summed E-state index contributed by atoms with van der Waals surface area (Å²) in [7, 11) is 0. The van der Waals surface area contributed by atoms with Gasteiger partial charge in [0.25, 0.3) is 5.79 Å². The fraction of sp³-hybridized carbons (Fsp3) is 0.913. The molecule has 9 rings (SSSR count). The van der Waals surface area contributed by atoms with Crippen LogP contribution in [-0.4, -0.2) is 534 Å². The molecule has 0 aromatic carbocycles. The van der Waals surface area contributed by atoms with Crippen LogP contribution in [0.2, 0.25) is 0 Å². The van der Waals surface area contributed by atoms with Crippen molar-refractivity contribution in [3.05, 3.63) is 0 Å². The second-order valence-corrected chi connectivity index (χ2v) is 31.1. The van der Waals surface area contributed by atoms with Crippen molar-refractivity contribution >= 4 is 36.0 Å². The number of hydrogen-bond donors (Lipinski definition) is 32. The van der Waals surface area contributed by atoms with Crippen LogP contribution in [0.5, 0.6) is 0 Å². The highest BCUT2D eigenvalue weighted by atomic mass is 16.8. The van der Waals surface area contributed by atoms with Crippen molar-refractivity contribution in [2.75, 3.05) is 72.7 Å². The van der Waals surface area contributed by atoms with Crippen LogP contribution in [-0.2, 0) is 114 Å². The maximum absolute atomic E-state index is 13.3. The predicted octanol–water partition coefficient (Wildman–Crippen LogP) is -21.7. The Morgan fingerprint density at radius 1 is 0.368 bits per heavy atom. The molecule has 9 aliphatic rings. The van der Waals surface area contributed by atoms with Crippen LogP contribution >= 0.6 is 0 Å². The SMILES string of the molecule is CC(=O)N[C@H]1[C@H](OC[C@H]2O[C@@H](O[C@H]3[C@H](O)[C@@H](NC(C)=O)[C@H](O[C@H]4[C@@H](O)[C@@H](CO)O[C@@H](O[C@H]5[C@H](O)[C@@H](O)[C@H](OC[C@@H](CO)NC=O)O[C@@H]5CO)[C@@H]4O)O[C@@H]3CO)[C@H](O)[C@@H](O[C@H]3O[C@H](CO)[C@@H](O[C@@H]4O[C@H](CO)[C@H](O)[C@H](O[C@]5(C(=O)O)C[C@H](O)[C@@H](NC(C)=O)[C@H]([C@H](O)[C@H](O)CO)O5)[C@H]4O)[C@H](O)[C@H]3NC(C)=O)[C@H]2O)O[C@H](CO)[C@@H](O[C@@H]2O[C@H](CO)[C@H](O)[C@H](O)[C@H]2O)[C@@H]1O. The third-order valence-corrected chi connectivity index (χ3v) is 22.3. The largest absolute Gasteiger partial charge is 0.477 e. The molecule has 0 unspecified atom stereocenters. The van der Waals surface area contributed by atoms with E-state index in [0.717, 1.165) is 27.7 Å². The van der Waals surface area contributed by atoms with Crippen LogP contribution < -0.4 is 26.6 Å². The van der Waals surface area contributed by atoms with Gasteiger partial charge in [-0.2, -0.15) is 0 Å². The standard InChI is InChI=1S/C69H115N5O51/c1-18(85)71-33-23(89)5-69(68(106)107,124-56(33)37(91)24(90)7-76)125-59-40(94)27(10-79)112-67(51(59)105)120-54-30(13-82)115-62(36(44(54)98)74-21(4)88)123-58-41(95)32(16-109-60-34(72-19(2)86)42(96)52(28(11-80)113-60)118-64-47(101)45(99)38(92)25(8-77)110-64)117-66(50(58)104)119-53-29(12-81)114-61(35(43(53)97)73-20(3)87)122-57-39(93)26(9-78)111-65(49(57)103)121-55-31(14-83)116-63(48(102)46(55)100)108-15-22(6-75)70-17-84/h17,22-67,75-83,89-105H,5-16H2,1-4H3,(H,70,84)(H,71,85)(H,72,86)(H,73,87)(H,74,88)(H,106,107)/t22-,23+,24-,25-,26-,27-,28-,29-,30-,31-,32-,33-,34-,35-,36-,37-,38+,39+,40+,41+,42-,43-,44-,45+,46-,47-,48-,49-,50-,51-,52-,53-,54-,55-,56-,57+,58+,59+,60-,61+,62-,63-,64+,65+,66+,67+,69+/m1/s1. The van der Waals surface area contributed by atoms with Crippen molar-refractivity contribution < 1.29 is 252 Å². The fourth-order valence-corrected chi connectivity index (χ4v) is 15.8. The van der Waals surface area contributed by atoms with Gasteiger partial charge < -0.3 is 250 Å². The molecule has 0 saturated carbocycles. The molecule has 0 bridgehead atoms. The number of hydrogen-bond acceptors (Lipinski definition) is 50. The Labute approximate surface area is 707 Å². The van der Waals surface area contributed by atoms with Gasteiger partial charge in [-0.15, -0.1) is 0 Å². The van der Waals surface area contributed by atoms with E-state index in [1.54, 1.807) is 0 Å². The Morgan fingerprint density at radius 2 is 0.704 bits per heavy atom. The number of aliphatic carboxylic acids is 1. The average Bonchev–Trinajstić information content (AvgIpc) is 0.761. The molecular weight excluding hydrogens is 1710 g/mol. The molecule has 0 aromatic rings. The summed E-state index contributed by atoms with van der Waals surface area (Å²) in [5.41, 5.74) is 0. The Kier molecular flexibility index (Phi) is 38.1. The predicted molar refractivity (Wildman–Crippen MR) is 384 cm³/mol. The highest BCUT2D eigenvalue weighted by molar-refractivity contribution is 5.77. The number of nitrogens with one attached hydrogen (secondary N) is 5. The first-order valence-electron chi connectivity index (χ1n) is 39.5. The summed E-state index contributed by atoms with van der Waals surface area (Å²) in [4.78, 5) is 76.0. The van der Waals surface area contributed by atoms with Crippen molar-refractivity contribution in [2.45, 2.75) is 322 Å². The van der Waals surface area contributed by atoms with E-state index in [0.29, 0.717) is 0 Å².